The van der Waals surface area contributed by atoms with Crippen molar-refractivity contribution in [2.24, 2.45) is 0 Å². The highest BCUT2D eigenvalue weighted by molar-refractivity contribution is 6.12. The SMILES string of the molecule is Cc1ccc2c(c1)c1cc(C)ccc1n2-c1c(C)cc(-c2nc(-c3ccccc3)nc(-c3cccc(Cc4cc(C)c5c(c4)c4cc(C)cc(C)c4n5-c4ccc(C(c5ccc(-c6nc(-c7ccccc7)nc(-c7ccccc7)n6)cc5)(C(F)(F)F)C(F)(F)F)cc4)c3)n2)cc1C. The largest absolute Gasteiger partial charge is 0.411 e. The van der Waals surface area contributed by atoms with Crippen LogP contribution in [-0.2, 0) is 11.8 Å². The minimum Gasteiger partial charge on any atom is -0.309 e. The number of alkyl halides is 6. The van der Waals surface area contributed by atoms with Crippen molar-refractivity contribution in [1.29, 1.82) is 0 Å². The first-order chi connectivity index (χ1) is 46.7. The first-order valence-electron chi connectivity index (χ1n) is 32.0. The van der Waals surface area contributed by atoms with E-state index >= 15 is 26.3 Å². The number of aryl methyl sites for hydroxylation is 7. The van der Waals surface area contributed by atoms with Crippen LogP contribution in [0.25, 0.3) is 123 Å². The van der Waals surface area contributed by atoms with Crippen molar-refractivity contribution in [1.82, 2.24) is 39.0 Å². The minimum atomic E-state index is -5.84. The van der Waals surface area contributed by atoms with Crippen molar-refractivity contribution < 1.29 is 26.3 Å². The molecule has 14 heteroatoms. The Balaban J connectivity index is 0.777. The molecular formula is C83H62F6N8. The van der Waals surface area contributed by atoms with E-state index in [1.807, 2.05) is 110 Å². The second-order valence-electron chi connectivity index (χ2n) is 25.4. The van der Waals surface area contributed by atoms with Crippen LogP contribution < -0.4 is 0 Å². The van der Waals surface area contributed by atoms with Gasteiger partial charge in [-0.25, -0.2) is 29.9 Å². The van der Waals surface area contributed by atoms with Gasteiger partial charge in [-0.1, -0.05) is 187 Å². The third-order valence-electron chi connectivity index (χ3n) is 18.5. The predicted octanol–water partition coefficient (Wildman–Crippen LogP) is 21.4. The van der Waals surface area contributed by atoms with Crippen molar-refractivity contribution in [2.45, 2.75) is 72.7 Å². The molecule has 0 atom stereocenters. The molecule has 0 bridgehead atoms. The number of benzene rings is 11. The number of halogens is 6. The van der Waals surface area contributed by atoms with Crippen molar-refractivity contribution >= 4 is 43.6 Å². The maximum atomic E-state index is 15.9. The summed E-state index contributed by atoms with van der Waals surface area (Å²) in [4.78, 5) is 29.4. The van der Waals surface area contributed by atoms with E-state index in [9.17, 15) is 0 Å². The summed E-state index contributed by atoms with van der Waals surface area (Å²) in [6, 6.07) is 70.9. The van der Waals surface area contributed by atoms with Crippen LogP contribution in [-0.4, -0.2) is 51.4 Å². The summed E-state index contributed by atoms with van der Waals surface area (Å²) in [5, 5.41) is 4.20. The average Bonchev–Trinajstić information content (AvgIpc) is 1.70. The van der Waals surface area contributed by atoms with Crippen LogP contribution in [0.4, 0.5) is 26.3 Å². The summed E-state index contributed by atoms with van der Waals surface area (Å²) in [7, 11) is 0. The van der Waals surface area contributed by atoms with Crippen LogP contribution in [0.1, 0.15) is 61.2 Å². The van der Waals surface area contributed by atoms with E-state index in [4.69, 9.17) is 15.0 Å². The molecule has 0 aliphatic rings. The second-order valence-corrected chi connectivity index (χ2v) is 25.4. The molecule has 0 N–H and O–H groups in total. The molecule has 0 radical (unpaired) electrons. The van der Waals surface area contributed by atoms with Crippen molar-refractivity contribution in [3.05, 3.63) is 298 Å². The van der Waals surface area contributed by atoms with E-state index < -0.39 is 28.9 Å². The van der Waals surface area contributed by atoms with Gasteiger partial charge in [-0.3, -0.25) is 0 Å². The summed E-state index contributed by atoms with van der Waals surface area (Å²) in [5.74, 6) is 2.24. The Labute approximate surface area is 556 Å². The normalized spacial score (nSPS) is 12.2. The molecule has 15 rings (SSSR count). The molecule has 0 unspecified atom stereocenters. The molecule has 476 valence electrons. The summed E-state index contributed by atoms with van der Waals surface area (Å²) in [5.41, 5.74) is 12.2. The zero-order chi connectivity index (χ0) is 67.2. The van der Waals surface area contributed by atoms with E-state index in [-0.39, 0.29) is 23.0 Å². The zero-order valence-electron chi connectivity index (χ0n) is 54.1. The number of hydrogen-bond acceptors (Lipinski definition) is 6. The van der Waals surface area contributed by atoms with E-state index in [2.05, 4.69) is 126 Å². The summed E-state index contributed by atoms with van der Waals surface area (Å²) < 4.78 is 99.9. The van der Waals surface area contributed by atoms with Crippen LogP contribution in [0.3, 0.4) is 0 Å². The fourth-order valence-electron chi connectivity index (χ4n) is 14.3. The lowest BCUT2D eigenvalue weighted by molar-refractivity contribution is -0.288. The minimum absolute atomic E-state index is 0.0789. The van der Waals surface area contributed by atoms with Gasteiger partial charge in [-0.15, -0.1) is 0 Å². The Morgan fingerprint density at radius 3 is 1.18 bits per heavy atom. The number of rotatable bonds is 12. The fourth-order valence-corrected chi connectivity index (χ4v) is 14.3. The van der Waals surface area contributed by atoms with Gasteiger partial charge in [0.1, 0.15) is 0 Å². The lowest BCUT2D eigenvalue weighted by Crippen LogP contribution is -2.54. The van der Waals surface area contributed by atoms with Gasteiger partial charge in [-0.05, 0) is 166 Å². The van der Waals surface area contributed by atoms with Gasteiger partial charge in [0.15, 0.2) is 34.9 Å². The maximum Gasteiger partial charge on any atom is 0.411 e. The molecule has 97 heavy (non-hydrogen) atoms. The van der Waals surface area contributed by atoms with E-state index in [0.717, 1.165) is 118 Å². The summed E-state index contributed by atoms with van der Waals surface area (Å²) in [6.45, 7) is 14.5. The summed E-state index contributed by atoms with van der Waals surface area (Å²) in [6.07, 6.45) is -11.2. The lowest BCUT2D eigenvalue weighted by atomic mass is 9.72. The predicted molar refractivity (Wildman–Crippen MR) is 376 cm³/mol. The highest BCUT2D eigenvalue weighted by Gasteiger charge is 2.72. The molecule has 0 aliphatic carbocycles. The van der Waals surface area contributed by atoms with Crippen LogP contribution in [0.5, 0.6) is 0 Å². The third kappa shape index (κ3) is 10.9. The quantitative estimate of drug-likeness (QED) is 0.113. The Kier molecular flexibility index (Phi) is 15.2. The molecule has 4 aromatic heterocycles. The Morgan fingerprint density at radius 2 is 0.701 bits per heavy atom. The van der Waals surface area contributed by atoms with Gasteiger partial charge >= 0.3 is 12.4 Å². The first-order valence-corrected chi connectivity index (χ1v) is 32.0. The van der Waals surface area contributed by atoms with Gasteiger partial charge < -0.3 is 9.13 Å². The topological polar surface area (TPSA) is 87.2 Å². The maximum absolute atomic E-state index is 15.9. The Morgan fingerprint density at radius 1 is 0.299 bits per heavy atom. The number of fused-ring (bicyclic) bond motifs is 6. The molecule has 0 fully saturated rings. The molecule has 11 aromatic carbocycles. The molecule has 0 saturated heterocycles. The van der Waals surface area contributed by atoms with E-state index in [1.165, 1.54) is 46.2 Å². The molecule has 8 nitrogen and oxygen atoms in total. The highest BCUT2D eigenvalue weighted by atomic mass is 19.4. The smallest absolute Gasteiger partial charge is 0.309 e. The molecule has 0 aliphatic heterocycles. The van der Waals surface area contributed by atoms with E-state index in [0.29, 0.717) is 40.7 Å². The van der Waals surface area contributed by atoms with Gasteiger partial charge in [0, 0.05) is 60.6 Å². The zero-order valence-corrected chi connectivity index (χ0v) is 54.1. The van der Waals surface area contributed by atoms with Gasteiger partial charge in [-0.2, -0.15) is 26.3 Å². The van der Waals surface area contributed by atoms with Crippen LogP contribution in [0, 0.1) is 48.5 Å². The Hall–Kier alpha value is -11.4. The summed E-state index contributed by atoms with van der Waals surface area (Å²) >= 11 is 0. The van der Waals surface area contributed by atoms with Crippen molar-refractivity contribution in [3.8, 4) is 79.7 Å². The van der Waals surface area contributed by atoms with Crippen molar-refractivity contribution in [3.63, 3.8) is 0 Å². The monoisotopic (exact) mass is 1280 g/mol. The van der Waals surface area contributed by atoms with E-state index in [1.54, 1.807) is 24.3 Å². The molecule has 0 saturated carbocycles. The average molecular weight is 1290 g/mol. The van der Waals surface area contributed by atoms with Crippen LogP contribution in [0.2, 0.25) is 0 Å². The second kappa shape index (κ2) is 23.8. The molecule has 0 amide bonds. The fraction of sp³-hybridized carbons (Fsp3) is 0.133. The highest BCUT2D eigenvalue weighted by Crippen LogP contribution is 2.57. The molecule has 0 spiro atoms. The Bertz CT molecular complexity index is 5430. The van der Waals surface area contributed by atoms with Gasteiger partial charge in [0.05, 0.1) is 27.8 Å². The molecule has 15 aromatic rings. The standard InChI is InChI=1S/C83H62F6N8/c1-48-26-36-70-66(39-48)67-40-49(2)27-37-71(67)97(70)72-53(6)43-62(44-54(72)7)80-94-77(59-23-15-10-16-24-59)93-79(95-80)61-25-17-18-55(46-61)45-56-42-52(5)74-69(47-56)68-41-50(3)38-51(4)73(68)96(74)65-34-32-64(33-35-65)81(82(84,85)86,83(87,88)89)63-30-28-60(29-31-63)78-91-75(57-19-11-8-12-20-57)90-76(92-78)58-21-13-9-14-22-58/h8-44,46-47H,45H2,1-7H3. The molecule has 4 heterocycles. The van der Waals surface area contributed by atoms with Crippen LogP contribution in [0.15, 0.2) is 237 Å². The van der Waals surface area contributed by atoms with Gasteiger partial charge in [0.2, 0.25) is 5.41 Å². The first kappa shape index (κ1) is 61.8. The number of nitrogens with zero attached hydrogens (tertiary/aromatic N) is 8. The van der Waals surface area contributed by atoms with Crippen molar-refractivity contribution in [2.75, 3.05) is 0 Å². The number of aromatic nitrogens is 8. The lowest BCUT2D eigenvalue weighted by Gasteiger charge is -2.38. The molecular weight excluding hydrogens is 1220 g/mol. The van der Waals surface area contributed by atoms with Gasteiger partial charge in [0.25, 0.3) is 0 Å². The number of hydrogen-bond donors (Lipinski definition) is 0. The third-order valence-corrected chi connectivity index (χ3v) is 18.5. The van der Waals surface area contributed by atoms with Crippen LogP contribution >= 0.6 is 0 Å².